The van der Waals surface area contributed by atoms with Gasteiger partial charge in [0.2, 0.25) is 5.91 Å². The molecular formula is C17H34IN5O3. The van der Waals surface area contributed by atoms with Crippen LogP contribution in [0.2, 0.25) is 0 Å². The van der Waals surface area contributed by atoms with E-state index in [1.165, 1.54) is 0 Å². The van der Waals surface area contributed by atoms with Crippen molar-refractivity contribution < 1.29 is 14.3 Å². The molecule has 0 aliphatic carbocycles. The Labute approximate surface area is 173 Å². The van der Waals surface area contributed by atoms with Crippen LogP contribution < -0.4 is 16.0 Å². The molecule has 0 bridgehead atoms. The number of halogens is 1. The van der Waals surface area contributed by atoms with Gasteiger partial charge in [0.25, 0.3) is 0 Å². The van der Waals surface area contributed by atoms with E-state index in [1.807, 2.05) is 41.5 Å². The largest absolute Gasteiger partial charge is 0.444 e. The number of nitrogens with one attached hydrogen (secondary N) is 3. The molecule has 0 aromatic heterocycles. The van der Waals surface area contributed by atoms with E-state index < -0.39 is 5.60 Å². The number of nitrogens with zero attached hydrogens (tertiary/aromatic N) is 2. The lowest BCUT2D eigenvalue weighted by Gasteiger charge is -2.40. The molecule has 1 saturated heterocycles. The third-order valence-electron chi connectivity index (χ3n) is 3.42. The zero-order chi connectivity index (χ0) is 19.0. The number of guanidine groups is 1. The number of hydrogen-bond donors (Lipinski definition) is 3. The summed E-state index contributed by atoms with van der Waals surface area (Å²) in [6, 6.07) is 0.149. The Balaban J connectivity index is 0.00000625. The van der Waals surface area contributed by atoms with E-state index in [4.69, 9.17) is 4.74 Å². The third-order valence-corrected chi connectivity index (χ3v) is 3.42. The van der Waals surface area contributed by atoms with Gasteiger partial charge >= 0.3 is 6.09 Å². The molecule has 8 nitrogen and oxygen atoms in total. The number of ether oxygens (including phenoxy) is 1. The van der Waals surface area contributed by atoms with E-state index in [9.17, 15) is 9.59 Å². The van der Waals surface area contributed by atoms with Crippen LogP contribution in [0.15, 0.2) is 4.99 Å². The molecule has 3 N–H and O–H groups in total. The SMILES string of the molecule is CCNC(=NCCNC(=O)C(C)C)NC1CN(C(=O)OC(C)(C)C)C1.I. The van der Waals surface area contributed by atoms with Gasteiger partial charge in [0.1, 0.15) is 5.60 Å². The fraction of sp³-hybridized carbons (Fsp3) is 0.824. The second-order valence-corrected chi connectivity index (χ2v) is 7.43. The number of carbonyl (C=O) groups excluding carboxylic acids is 2. The van der Waals surface area contributed by atoms with Crippen LogP contribution in [0.4, 0.5) is 4.79 Å². The topological polar surface area (TPSA) is 95.1 Å². The van der Waals surface area contributed by atoms with Crippen LogP contribution in [0, 0.1) is 5.92 Å². The fourth-order valence-electron chi connectivity index (χ4n) is 2.11. The smallest absolute Gasteiger partial charge is 0.410 e. The van der Waals surface area contributed by atoms with Gasteiger partial charge in [0.15, 0.2) is 5.96 Å². The number of amides is 2. The van der Waals surface area contributed by atoms with Crippen LogP contribution in [-0.4, -0.2) is 67.2 Å². The number of likely N-dealkylation sites (tertiary alicyclic amines) is 1. The highest BCUT2D eigenvalue weighted by Crippen LogP contribution is 2.15. The summed E-state index contributed by atoms with van der Waals surface area (Å²) in [4.78, 5) is 29.5. The summed E-state index contributed by atoms with van der Waals surface area (Å²) in [6.45, 7) is 14.2. The van der Waals surface area contributed by atoms with Crippen molar-refractivity contribution in [3.63, 3.8) is 0 Å². The molecule has 0 unspecified atom stereocenters. The molecule has 1 aliphatic heterocycles. The summed E-state index contributed by atoms with van der Waals surface area (Å²) in [5.74, 6) is 0.694. The van der Waals surface area contributed by atoms with Gasteiger partial charge in [-0.1, -0.05) is 13.8 Å². The van der Waals surface area contributed by atoms with Crippen molar-refractivity contribution >= 4 is 41.9 Å². The van der Waals surface area contributed by atoms with Gasteiger partial charge in [-0.25, -0.2) is 4.79 Å². The van der Waals surface area contributed by atoms with Gasteiger partial charge in [-0.2, -0.15) is 0 Å². The maximum Gasteiger partial charge on any atom is 0.410 e. The van der Waals surface area contributed by atoms with E-state index in [2.05, 4.69) is 20.9 Å². The lowest BCUT2D eigenvalue weighted by Crippen LogP contribution is -2.63. The van der Waals surface area contributed by atoms with Gasteiger partial charge in [-0.05, 0) is 27.7 Å². The standard InChI is InChI=1S/C17H33N5O3.HI/c1-7-18-15(20-9-8-19-14(23)12(2)3)21-13-10-22(11-13)16(24)25-17(4,5)6;/h12-13H,7-11H2,1-6H3,(H,19,23)(H2,18,20,21);1H. The molecular weight excluding hydrogens is 449 g/mol. The first kappa shape index (κ1) is 24.7. The molecule has 1 fully saturated rings. The molecule has 0 aromatic rings. The number of hydrogen-bond acceptors (Lipinski definition) is 4. The van der Waals surface area contributed by atoms with Crippen LogP contribution in [0.25, 0.3) is 0 Å². The third kappa shape index (κ3) is 9.44. The maximum absolute atomic E-state index is 11.9. The van der Waals surface area contributed by atoms with Crippen LogP contribution >= 0.6 is 24.0 Å². The summed E-state index contributed by atoms with van der Waals surface area (Å²) in [5, 5.41) is 9.29. The zero-order valence-corrected chi connectivity index (χ0v) is 19.0. The van der Waals surface area contributed by atoms with Crippen LogP contribution in [-0.2, 0) is 9.53 Å². The fourth-order valence-corrected chi connectivity index (χ4v) is 2.11. The van der Waals surface area contributed by atoms with E-state index in [0.29, 0.717) is 32.1 Å². The lowest BCUT2D eigenvalue weighted by molar-refractivity contribution is -0.123. The van der Waals surface area contributed by atoms with Gasteiger partial charge < -0.3 is 25.6 Å². The molecule has 1 rings (SSSR count). The molecule has 0 spiro atoms. The number of aliphatic imine (C=N–C) groups is 1. The predicted molar refractivity (Wildman–Crippen MR) is 114 cm³/mol. The van der Waals surface area contributed by atoms with Crippen LogP contribution in [0.3, 0.4) is 0 Å². The second-order valence-electron chi connectivity index (χ2n) is 7.43. The monoisotopic (exact) mass is 483 g/mol. The molecule has 1 aliphatic rings. The van der Waals surface area contributed by atoms with Crippen molar-refractivity contribution in [1.82, 2.24) is 20.9 Å². The normalized spacial score (nSPS) is 15.0. The van der Waals surface area contributed by atoms with Crippen LogP contribution in [0.1, 0.15) is 41.5 Å². The Morgan fingerprint density at radius 2 is 1.85 bits per heavy atom. The highest BCUT2D eigenvalue weighted by molar-refractivity contribution is 14.0. The minimum absolute atomic E-state index is 0. The van der Waals surface area contributed by atoms with E-state index >= 15 is 0 Å². The zero-order valence-electron chi connectivity index (χ0n) is 16.7. The van der Waals surface area contributed by atoms with E-state index in [1.54, 1.807) is 4.90 Å². The maximum atomic E-state index is 11.9. The quantitative estimate of drug-likeness (QED) is 0.231. The summed E-state index contributed by atoms with van der Waals surface area (Å²) in [5.41, 5.74) is -0.480. The molecule has 9 heteroatoms. The van der Waals surface area contributed by atoms with Crippen molar-refractivity contribution in [3.05, 3.63) is 0 Å². The second kappa shape index (κ2) is 11.5. The molecule has 1 heterocycles. The first-order valence-electron chi connectivity index (χ1n) is 8.93. The Hall–Kier alpha value is -1.26. The van der Waals surface area contributed by atoms with Gasteiger partial charge in [-0.15, -0.1) is 24.0 Å². The van der Waals surface area contributed by atoms with E-state index in [-0.39, 0.29) is 47.9 Å². The minimum Gasteiger partial charge on any atom is -0.444 e. The highest BCUT2D eigenvalue weighted by Gasteiger charge is 2.34. The van der Waals surface area contributed by atoms with Crippen molar-refractivity contribution in [2.24, 2.45) is 10.9 Å². The van der Waals surface area contributed by atoms with Crippen molar-refractivity contribution in [1.29, 1.82) is 0 Å². The first-order chi connectivity index (χ1) is 11.6. The predicted octanol–water partition coefficient (Wildman–Crippen LogP) is 1.55. The summed E-state index contributed by atoms with van der Waals surface area (Å²) in [7, 11) is 0. The Bertz CT molecular complexity index is 485. The summed E-state index contributed by atoms with van der Waals surface area (Å²) >= 11 is 0. The van der Waals surface area contributed by atoms with Crippen molar-refractivity contribution in [3.8, 4) is 0 Å². The number of carbonyl (C=O) groups is 2. The average Bonchev–Trinajstić information content (AvgIpc) is 2.44. The van der Waals surface area contributed by atoms with E-state index in [0.717, 1.165) is 6.54 Å². The summed E-state index contributed by atoms with van der Waals surface area (Å²) < 4.78 is 5.34. The molecule has 0 aromatic carbocycles. The van der Waals surface area contributed by atoms with Crippen LogP contribution in [0.5, 0.6) is 0 Å². The molecule has 0 atom stereocenters. The highest BCUT2D eigenvalue weighted by atomic mass is 127. The van der Waals surface area contributed by atoms with Gasteiger partial charge in [0, 0.05) is 32.1 Å². The summed E-state index contributed by atoms with van der Waals surface area (Å²) in [6.07, 6.45) is -0.288. The van der Waals surface area contributed by atoms with Gasteiger partial charge in [-0.3, -0.25) is 9.79 Å². The molecule has 26 heavy (non-hydrogen) atoms. The number of rotatable bonds is 6. The van der Waals surface area contributed by atoms with Gasteiger partial charge in [0.05, 0.1) is 12.6 Å². The van der Waals surface area contributed by atoms with Crippen molar-refractivity contribution in [2.45, 2.75) is 53.2 Å². The minimum atomic E-state index is -0.480. The lowest BCUT2D eigenvalue weighted by atomic mass is 10.1. The Morgan fingerprint density at radius 3 is 2.35 bits per heavy atom. The average molecular weight is 483 g/mol. The Kier molecular flexibility index (Phi) is 10.9. The molecule has 152 valence electrons. The Morgan fingerprint density at radius 1 is 1.23 bits per heavy atom. The molecule has 0 radical (unpaired) electrons. The molecule has 2 amide bonds. The molecule has 0 saturated carbocycles. The first-order valence-corrected chi connectivity index (χ1v) is 8.93. The van der Waals surface area contributed by atoms with Crippen molar-refractivity contribution in [2.75, 3.05) is 32.7 Å².